The lowest BCUT2D eigenvalue weighted by atomic mass is 9.76. The van der Waals surface area contributed by atoms with E-state index in [1.165, 1.54) is 0 Å². The maximum atomic E-state index is 13.8. The predicted octanol–water partition coefficient (Wildman–Crippen LogP) is 5.39. The summed E-state index contributed by atoms with van der Waals surface area (Å²) in [5.74, 6) is -0.458. The molecule has 178 valence electrons. The van der Waals surface area contributed by atoms with E-state index in [1.807, 2.05) is 0 Å². The second-order valence-electron chi connectivity index (χ2n) is 10.3. The highest BCUT2D eigenvalue weighted by molar-refractivity contribution is 7.80. The molecule has 0 aromatic carbocycles. The van der Waals surface area contributed by atoms with Crippen LogP contribution in [0.4, 0.5) is 13.2 Å². The second-order valence-corrected chi connectivity index (χ2v) is 10.7. The summed E-state index contributed by atoms with van der Waals surface area (Å²) < 4.78 is 53.4. The molecule has 1 aromatic heterocycles. The first-order valence-corrected chi connectivity index (χ1v) is 12.4. The molecule has 4 aliphatic rings. The summed E-state index contributed by atoms with van der Waals surface area (Å²) in [7, 11) is 0. The van der Waals surface area contributed by atoms with Crippen LogP contribution in [0.5, 0.6) is 0 Å². The average molecular weight is 472 g/mol. The standard InChI is InChI=1S/C23H32F3N3O2S/c1-12-8-14-9-15(10-19(12)29(14)22(27)32)30-11-17-20(28-31-21(17)13-6-7-13)16-4-2-3-5-18(16)23(24,25)26/h12-16,18-19H,2-11H2,1H3,(H2,27,32)/t12-,14?,15?,16?,18?,19?/m1/s1. The number of aromatic nitrogens is 1. The van der Waals surface area contributed by atoms with Crippen molar-refractivity contribution in [2.24, 2.45) is 17.6 Å². The lowest BCUT2D eigenvalue weighted by Crippen LogP contribution is -2.51. The van der Waals surface area contributed by atoms with Crippen molar-refractivity contribution in [3.63, 3.8) is 0 Å². The van der Waals surface area contributed by atoms with Crippen LogP contribution in [0.3, 0.4) is 0 Å². The Bertz CT molecular complexity index is 856. The number of piperidine rings is 1. The molecule has 0 spiro atoms. The number of rotatable bonds is 5. The summed E-state index contributed by atoms with van der Waals surface area (Å²) in [6.45, 7) is 2.50. The summed E-state index contributed by atoms with van der Waals surface area (Å²) in [6, 6.07) is 0.554. The summed E-state index contributed by atoms with van der Waals surface area (Å²) in [5.41, 5.74) is 7.24. The largest absolute Gasteiger partial charge is 0.392 e. The zero-order chi connectivity index (χ0) is 22.6. The SMILES string of the molecule is C[C@@H]1CC2CC(OCc3c(C4CCCCC4C(F)(F)F)noc3C3CC3)CC1N2C(N)=S. The minimum absolute atomic E-state index is 0.0418. The molecule has 0 amide bonds. The van der Waals surface area contributed by atoms with Gasteiger partial charge in [0.25, 0.3) is 0 Å². The fraction of sp³-hybridized carbons (Fsp3) is 0.826. The van der Waals surface area contributed by atoms with E-state index in [4.69, 9.17) is 27.2 Å². The Kier molecular flexibility index (Phi) is 5.93. The smallest absolute Gasteiger partial charge is 0.376 e. The number of halogens is 3. The van der Waals surface area contributed by atoms with E-state index in [0.29, 0.717) is 29.6 Å². The van der Waals surface area contributed by atoms with Gasteiger partial charge in [-0.05, 0) is 63.1 Å². The fourth-order valence-corrected chi connectivity index (χ4v) is 6.72. The molecule has 1 aromatic rings. The third-order valence-corrected chi connectivity index (χ3v) is 8.35. The van der Waals surface area contributed by atoms with E-state index in [0.717, 1.165) is 49.8 Å². The van der Waals surface area contributed by atoms with Gasteiger partial charge in [-0.15, -0.1) is 0 Å². The van der Waals surface area contributed by atoms with Gasteiger partial charge in [0.2, 0.25) is 0 Å². The summed E-state index contributed by atoms with van der Waals surface area (Å²) in [5, 5.41) is 4.68. The van der Waals surface area contributed by atoms with Crippen molar-refractivity contribution in [3.8, 4) is 0 Å². The zero-order valence-electron chi connectivity index (χ0n) is 18.4. The Morgan fingerprint density at radius 1 is 1.19 bits per heavy atom. The van der Waals surface area contributed by atoms with Gasteiger partial charge in [0, 0.05) is 29.5 Å². The normalized spacial score (nSPS) is 35.3. The van der Waals surface area contributed by atoms with Gasteiger partial charge < -0.3 is 19.9 Å². The fourth-order valence-electron chi connectivity index (χ4n) is 6.44. The Hall–Kier alpha value is -1.35. The van der Waals surface area contributed by atoms with Gasteiger partial charge in [-0.25, -0.2) is 0 Å². The summed E-state index contributed by atoms with van der Waals surface area (Å²) >= 11 is 5.26. The molecule has 2 saturated carbocycles. The van der Waals surface area contributed by atoms with E-state index in [2.05, 4.69) is 17.0 Å². The number of hydrogen-bond donors (Lipinski definition) is 1. The van der Waals surface area contributed by atoms with Gasteiger partial charge >= 0.3 is 6.18 Å². The minimum atomic E-state index is -4.22. The average Bonchev–Trinajstić information content (AvgIpc) is 3.45. The van der Waals surface area contributed by atoms with Crippen molar-refractivity contribution in [3.05, 3.63) is 17.0 Å². The molecule has 2 aliphatic carbocycles. The molecule has 0 radical (unpaired) electrons. The topological polar surface area (TPSA) is 64.5 Å². The number of nitrogens with zero attached hydrogens (tertiary/aromatic N) is 2. The molecule has 5 rings (SSSR count). The first-order chi connectivity index (χ1) is 15.2. The van der Waals surface area contributed by atoms with Gasteiger partial charge in [0.05, 0.1) is 24.3 Å². The van der Waals surface area contributed by atoms with Crippen LogP contribution in [0.25, 0.3) is 0 Å². The lowest BCUT2D eigenvalue weighted by Gasteiger charge is -2.40. The molecule has 5 nitrogen and oxygen atoms in total. The van der Waals surface area contributed by atoms with Crippen LogP contribution in [0.2, 0.25) is 0 Å². The highest BCUT2D eigenvalue weighted by Crippen LogP contribution is 2.50. The molecule has 2 N–H and O–H groups in total. The maximum Gasteiger partial charge on any atom is 0.392 e. The van der Waals surface area contributed by atoms with Gasteiger partial charge in [-0.2, -0.15) is 13.2 Å². The molecule has 2 bridgehead atoms. The van der Waals surface area contributed by atoms with Crippen molar-refractivity contribution in [2.45, 2.75) is 108 Å². The Balaban J connectivity index is 1.34. The number of hydrogen-bond acceptors (Lipinski definition) is 4. The molecule has 5 unspecified atom stereocenters. The van der Waals surface area contributed by atoms with Crippen LogP contribution in [-0.4, -0.2) is 39.5 Å². The minimum Gasteiger partial charge on any atom is -0.376 e. The molecule has 2 aliphatic heterocycles. The molecule has 6 atom stereocenters. The van der Waals surface area contributed by atoms with Crippen molar-refractivity contribution < 1.29 is 22.4 Å². The van der Waals surface area contributed by atoms with E-state index in [-0.39, 0.29) is 37.1 Å². The van der Waals surface area contributed by atoms with Crippen LogP contribution >= 0.6 is 12.2 Å². The van der Waals surface area contributed by atoms with Crippen molar-refractivity contribution in [1.29, 1.82) is 0 Å². The summed E-state index contributed by atoms with van der Waals surface area (Å²) in [4.78, 5) is 2.16. The predicted molar refractivity (Wildman–Crippen MR) is 117 cm³/mol. The van der Waals surface area contributed by atoms with Crippen LogP contribution in [0.1, 0.15) is 93.6 Å². The molecule has 4 fully saturated rings. The Morgan fingerprint density at radius 3 is 2.59 bits per heavy atom. The quantitative estimate of drug-likeness (QED) is 0.581. The molecule has 2 saturated heterocycles. The highest BCUT2D eigenvalue weighted by Gasteiger charge is 2.49. The first-order valence-electron chi connectivity index (χ1n) is 12.0. The van der Waals surface area contributed by atoms with Crippen LogP contribution < -0.4 is 5.73 Å². The monoisotopic (exact) mass is 471 g/mol. The second kappa shape index (κ2) is 8.46. The number of fused-ring (bicyclic) bond motifs is 2. The van der Waals surface area contributed by atoms with Crippen LogP contribution in [0, 0.1) is 11.8 Å². The number of thiocarbonyl (C=S) groups is 1. The number of alkyl halides is 3. The number of nitrogens with two attached hydrogens (primary N) is 1. The summed E-state index contributed by atoms with van der Waals surface area (Å²) in [6.07, 6.45) is 2.62. The third kappa shape index (κ3) is 4.15. The lowest BCUT2D eigenvalue weighted by molar-refractivity contribution is -0.187. The van der Waals surface area contributed by atoms with E-state index in [9.17, 15) is 13.2 Å². The van der Waals surface area contributed by atoms with Gasteiger partial charge in [-0.1, -0.05) is 24.9 Å². The van der Waals surface area contributed by atoms with Crippen molar-refractivity contribution in [2.75, 3.05) is 0 Å². The highest BCUT2D eigenvalue weighted by atomic mass is 32.1. The van der Waals surface area contributed by atoms with Crippen molar-refractivity contribution >= 4 is 17.3 Å². The molecule has 32 heavy (non-hydrogen) atoms. The molecule has 3 heterocycles. The first kappa shape index (κ1) is 22.4. The van der Waals surface area contributed by atoms with E-state index >= 15 is 0 Å². The molecular weight excluding hydrogens is 439 g/mol. The maximum absolute atomic E-state index is 13.8. The Labute approximate surface area is 192 Å². The third-order valence-electron chi connectivity index (χ3n) is 8.14. The van der Waals surface area contributed by atoms with Gasteiger partial charge in [-0.3, -0.25) is 0 Å². The van der Waals surface area contributed by atoms with E-state index < -0.39 is 18.0 Å². The van der Waals surface area contributed by atoms with Crippen LogP contribution in [-0.2, 0) is 11.3 Å². The molecule has 9 heteroatoms. The van der Waals surface area contributed by atoms with Gasteiger partial charge in [0.1, 0.15) is 5.76 Å². The van der Waals surface area contributed by atoms with Crippen molar-refractivity contribution in [1.82, 2.24) is 10.1 Å². The van der Waals surface area contributed by atoms with Crippen LogP contribution in [0.15, 0.2) is 4.52 Å². The van der Waals surface area contributed by atoms with E-state index in [1.54, 1.807) is 0 Å². The zero-order valence-corrected chi connectivity index (χ0v) is 19.3. The Morgan fingerprint density at radius 2 is 1.94 bits per heavy atom. The van der Waals surface area contributed by atoms with Gasteiger partial charge in [0.15, 0.2) is 5.11 Å². The molecular formula is C23H32F3N3O2S. The number of ether oxygens (including phenoxy) is 1.